The topological polar surface area (TPSA) is 0 Å². The Balaban J connectivity index is 3.77. The van der Waals surface area contributed by atoms with E-state index in [1.54, 1.807) is 0 Å². The van der Waals surface area contributed by atoms with Gasteiger partial charge in [-0.3, -0.25) is 0 Å². The molecule has 0 aliphatic carbocycles. The Labute approximate surface area is 68.7 Å². The van der Waals surface area contributed by atoms with Crippen molar-refractivity contribution in [3.63, 3.8) is 0 Å². The van der Waals surface area contributed by atoms with Gasteiger partial charge in [0.25, 0.3) is 0 Å². The number of rotatable bonds is 3. The number of thiol groups is 1. The first-order chi connectivity index (χ1) is 4.66. The predicted molar refractivity (Wildman–Crippen MR) is 51.3 cm³/mol. The van der Waals surface area contributed by atoms with Crippen LogP contribution in [0, 0.1) is 0 Å². The van der Waals surface area contributed by atoms with Gasteiger partial charge in [-0.1, -0.05) is 37.3 Å². The van der Waals surface area contributed by atoms with Crippen LogP contribution >= 0.6 is 12.6 Å². The summed E-state index contributed by atoms with van der Waals surface area (Å²) in [5.41, 5.74) is 1.14. The zero-order chi connectivity index (χ0) is 7.98. The third kappa shape index (κ3) is 5.70. The van der Waals surface area contributed by atoms with Crippen LogP contribution < -0.4 is 0 Å². The molecule has 0 radical (unpaired) electrons. The van der Waals surface area contributed by atoms with Gasteiger partial charge in [0, 0.05) is 0 Å². The van der Waals surface area contributed by atoms with Crippen LogP contribution in [0.5, 0.6) is 0 Å². The molecule has 0 aliphatic heterocycles. The van der Waals surface area contributed by atoms with Gasteiger partial charge >= 0.3 is 0 Å². The summed E-state index contributed by atoms with van der Waals surface area (Å²) in [4.78, 5) is 1.01. The molecule has 10 heavy (non-hydrogen) atoms. The van der Waals surface area contributed by atoms with Crippen LogP contribution in [-0.2, 0) is 0 Å². The fourth-order valence-corrected chi connectivity index (χ4v) is 0.527. The Kier molecular flexibility index (Phi) is 5.13. The highest BCUT2D eigenvalue weighted by Gasteiger charge is 1.78. The monoisotopic (exact) mass is 154 g/mol. The lowest BCUT2D eigenvalue weighted by Gasteiger charge is -1.88. The summed E-state index contributed by atoms with van der Waals surface area (Å²) >= 11 is 4.11. The maximum absolute atomic E-state index is 4.11. The van der Waals surface area contributed by atoms with Gasteiger partial charge in [0.05, 0.1) is 0 Å². The van der Waals surface area contributed by atoms with E-state index in [9.17, 15) is 0 Å². The summed E-state index contributed by atoms with van der Waals surface area (Å²) in [6.45, 7) is 7.86. The summed E-state index contributed by atoms with van der Waals surface area (Å²) in [6, 6.07) is 0. The molecule has 0 amide bonds. The fourth-order valence-electron chi connectivity index (χ4n) is 0.441. The zero-order valence-corrected chi connectivity index (χ0v) is 7.49. The van der Waals surface area contributed by atoms with Crippen molar-refractivity contribution in [2.75, 3.05) is 0 Å². The van der Waals surface area contributed by atoms with E-state index in [1.165, 1.54) is 0 Å². The summed E-state index contributed by atoms with van der Waals surface area (Å²) in [5, 5.41) is 0. The van der Waals surface area contributed by atoms with Crippen molar-refractivity contribution in [1.29, 1.82) is 0 Å². The molecular weight excluding hydrogens is 140 g/mol. The minimum absolute atomic E-state index is 1.01. The van der Waals surface area contributed by atoms with Crippen molar-refractivity contribution in [3.8, 4) is 0 Å². The summed E-state index contributed by atoms with van der Waals surface area (Å²) in [6.07, 6.45) is 6.92. The quantitative estimate of drug-likeness (QED) is 0.468. The average Bonchev–Trinajstić information content (AvgIpc) is 1.87. The lowest BCUT2D eigenvalue weighted by Crippen LogP contribution is -1.67. The first-order valence-corrected chi connectivity index (χ1v) is 3.83. The highest BCUT2D eigenvalue weighted by atomic mass is 32.1. The minimum Gasteiger partial charge on any atom is -0.148 e. The summed E-state index contributed by atoms with van der Waals surface area (Å²) in [5.74, 6) is 0. The molecular formula is C9H14S. The molecule has 0 aromatic heterocycles. The van der Waals surface area contributed by atoms with E-state index in [0.717, 1.165) is 16.9 Å². The van der Waals surface area contributed by atoms with Crippen molar-refractivity contribution in [3.05, 3.63) is 35.3 Å². The Morgan fingerprint density at radius 3 is 2.60 bits per heavy atom. The molecule has 0 aliphatic rings. The lowest BCUT2D eigenvalue weighted by molar-refractivity contribution is 1.16. The van der Waals surface area contributed by atoms with E-state index in [2.05, 4.69) is 26.1 Å². The molecule has 0 rings (SSSR count). The molecule has 0 fully saturated rings. The van der Waals surface area contributed by atoms with Crippen LogP contribution in [0.1, 0.15) is 20.3 Å². The van der Waals surface area contributed by atoms with Crippen molar-refractivity contribution in [1.82, 2.24) is 0 Å². The maximum atomic E-state index is 4.11. The molecule has 56 valence electrons. The number of hydrogen-bond donors (Lipinski definition) is 1. The first kappa shape index (κ1) is 9.57. The molecule has 0 spiro atoms. The van der Waals surface area contributed by atoms with Crippen LogP contribution in [0.3, 0.4) is 0 Å². The SMILES string of the molecule is C=C(/C=C\C=C(/C)S)CC. The Bertz CT molecular complexity index is 160. The van der Waals surface area contributed by atoms with Gasteiger partial charge in [-0.15, -0.1) is 12.6 Å². The van der Waals surface area contributed by atoms with Gasteiger partial charge in [0.1, 0.15) is 0 Å². The Hall–Kier alpha value is -0.430. The zero-order valence-electron chi connectivity index (χ0n) is 6.59. The van der Waals surface area contributed by atoms with Gasteiger partial charge < -0.3 is 0 Å². The highest BCUT2D eigenvalue weighted by Crippen LogP contribution is 2.01. The van der Waals surface area contributed by atoms with Gasteiger partial charge in [0.2, 0.25) is 0 Å². The van der Waals surface area contributed by atoms with Crippen molar-refractivity contribution < 1.29 is 0 Å². The molecule has 1 heteroatoms. The van der Waals surface area contributed by atoms with Crippen molar-refractivity contribution in [2.45, 2.75) is 20.3 Å². The van der Waals surface area contributed by atoms with E-state index < -0.39 is 0 Å². The number of allylic oxidation sites excluding steroid dienone is 5. The Morgan fingerprint density at radius 2 is 2.20 bits per heavy atom. The molecule has 0 atom stereocenters. The van der Waals surface area contributed by atoms with Gasteiger partial charge in [-0.2, -0.15) is 0 Å². The van der Waals surface area contributed by atoms with Crippen molar-refractivity contribution in [2.24, 2.45) is 0 Å². The van der Waals surface area contributed by atoms with Crippen LogP contribution in [0.4, 0.5) is 0 Å². The van der Waals surface area contributed by atoms with Crippen LogP contribution in [-0.4, -0.2) is 0 Å². The average molecular weight is 154 g/mol. The van der Waals surface area contributed by atoms with Crippen LogP contribution in [0.2, 0.25) is 0 Å². The predicted octanol–water partition coefficient (Wildman–Crippen LogP) is 3.34. The molecule has 0 unspecified atom stereocenters. The first-order valence-electron chi connectivity index (χ1n) is 3.38. The van der Waals surface area contributed by atoms with E-state index in [1.807, 2.05) is 25.2 Å². The van der Waals surface area contributed by atoms with Crippen LogP contribution in [0.25, 0.3) is 0 Å². The highest BCUT2D eigenvalue weighted by molar-refractivity contribution is 7.84. The molecule has 0 N–H and O–H groups in total. The summed E-state index contributed by atoms with van der Waals surface area (Å²) in [7, 11) is 0. The van der Waals surface area contributed by atoms with E-state index in [4.69, 9.17) is 0 Å². The molecule has 0 bridgehead atoms. The van der Waals surface area contributed by atoms with E-state index in [-0.39, 0.29) is 0 Å². The van der Waals surface area contributed by atoms with Gasteiger partial charge in [0.15, 0.2) is 0 Å². The second-order valence-corrected chi connectivity index (χ2v) is 2.88. The van der Waals surface area contributed by atoms with Gasteiger partial charge in [-0.05, 0) is 18.2 Å². The standard InChI is InChI=1S/C9H14S/c1-4-8(2)6-5-7-9(3)10/h5-7,10H,2,4H2,1,3H3/b6-5-,9-7+. The minimum atomic E-state index is 1.01. The molecule has 0 nitrogen and oxygen atoms in total. The van der Waals surface area contributed by atoms with Crippen molar-refractivity contribution >= 4 is 12.6 Å². The smallest absolute Gasteiger partial charge is 0.0215 e. The molecule has 0 saturated heterocycles. The van der Waals surface area contributed by atoms with Gasteiger partial charge in [-0.25, -0.2) is 0 Å². The van der Waals surface area contributed by atoms with E-state index in [0.29, 0.717) is 0 Å². The molecule has 0 aromatic rings. The second-order valence-electron chi connectivity index (χ2n) is 2.18. The fraction of sp³-hybridized carbons (Fsp3) is 0.333. The van der Waals surface area contributed by atoms with Crippen LogP contribution in [0.15, 0.2) is 35.3 Å². The third-order valence-electron chi connectivity index (χ3n) is 1.12. The lowest BCUT2D eigenvalue weighted by atomic mass is 10.2. The maximum Gasteiger partial charge on any atom is -0.0215 e. The molecule has 0 aromatic carbocycles. The normalized spacial score (nSPS) is 12.5. The summed E-state index contributed by atoms with van der Waals surface area (Å²) < 4.78 is 0. The largest absolute Gasteiger partial charge is 0.148 e. The second kappa shape index (κ2) is 5.36. The molecule has 0 saturated carbocycles. The third-order valence-corrected chi connectivity index (χ3v) is 1.27. The Morgan fingerprint density at radius 1 is 1.60 bits per heavy atom. The van der Waals surface area contributed by atoms with E-state index >= 15 is 0 Å². The molecule has 0 heterocycles. The number of hydrogen-bond acceptors (Lipinski definition) is 1.